The van der Waals surface area contributed by atoms with Gasteiger partial charge in [0.2, 0.25) is 0 Å². The molecular formula is C13H17BrN4O. The second-order valence-electron chi connectivity index (χ2n) is 5.69. The summed E-state index contributed by atoms with van der Waals surface area (Å²) >= 11 is 3.37. The molecule has 0 aliphatic heterocycles. The number of halogens is 1. The maximum absolute atomic E-state index is 9.74. The van der Waals surface area contributed by atoms with Gasteiger partial charge in [-0.05, 0) is 22.4 Å². The van der Waals surface area contributed by atoms with Crippen molar-refractivity contribution in [1.82, 2.24) is 19.7 Å². The lowest BCUT2D eigenvalue weighted by atomic mass is 9.64. The van der Waals surface area contributed by atoms with Crippen LogP contribution in [0.15, 0.2) is 23.2 Å². The topological polar surface area (TPSA) is 62.5 Å². The first kappa shape index (κ1) is 13.0. The molecule has 1 aliphatic rings. The minimum absolute atomic E-state index is 0.0529. The lowest BCUT2D eigenvalue weighted by Gasteiger charge is -2.49. The van der Waals surface area contributed by atoms with E-state index in [0.29, 0.717) is 6.04 Å². The van der Waals surface area contributed by atoms with Crippen LogP contribution in [-0.2, 0) is 6.54 Å². The van der Waals surface area contributed by atoms with Gasteiger partial charge in [-0.15, -0.1) is 0 Å². The number of fused-ring (bicyclic) bond motifs is 1. The van der Waals surface area contributed by atoms with Crippen LogP contribution in [0.2, 0.25) is 0 Å². The fraction of sp³-hybridized carbons (Fsp3) is 0.538. The molecule has 0 bridgehead atoms. The minimum atomic E-state index is -0.203. The van der Waals surface area contributed by atoms with Crippen LogP contribution in [0.4, 0.5) is 0 Å². The Hall–Kier alpha value is -0.980. The summed E-state index contributed by atoms with van der Waals surface area (Å²) in [6, 6.07) is 0.346. The van der Waals surface area contributed by atoms with Gasteiger partial charge >= 0.3 is 0 Å². The summed E-state index contributed by atoms with van der Waals surface area (Å²) in [5, 5.41) is 13.2. The van der Waals surface area contributed by atoms with E-state index in [9.17, 15) is 5.11 Å². The van der Waals surface area contributed by atoms with Crippen LogP contribution in [0, 0.1) is 5.41 Å². The van der Waals surface area contributed by atoms with Crippen LogP contribution in [0.5, 0.6) is 0 Å². The molecule has 1 fully saturated rings. The van der Waals surface area contributed by atoms with Crippen molar-refractivity contribution in [1.29, 1.82) is 0 Å². The number of rotatable bonds is 3. The third kappa shape index (κ3) is 2.17. The zero-order chi connectivity index (χ0) is 13.6. The van der Waals surface area contributed by atoms with Crippen molar-refractivity contribution in [2.75, 3.05) is 0 Å². The van der Waals surface area contributed by atoms with E-state index in [1.54, 1.807) is 6.20 Å². The molecule has 1 aliphatic carbocycles. The van der Waals surface area contributed by atoms with Crippen LogP contribution in [0.3, 0.4) is 0 Å². The molecular weight excluding hydrogens is 308 g/mol. The Balaban J connectivity index is 1.74. The second-order valence-corrected chi connectivity index (χ2v) is 6.51. The minimum Gasteiger partial charge on any atom is -0.392 e. The van der Waals surface area contributed by atoms with Gasteiger partial charge in [0.15, 0.2) is 5.65 Å². The molecule has 2 aromatic heterocycles. The van der Waals surface area contributed by atoms with E-state index < -0.39 is 0 Å². The lowest BCUT2D eigenvalue weighted by molar-refractivity contribution is -0.0730. The average molecular weight is 325 g/mol. The van der Waals surface area contributed by atoms with Crippen LogP contribution < -0.4 is 5.32 Å². The number of nitrogens with one attached hydrogen (secondary N) is 1. The van der Waals surface area contributed by atoms with E-state index in [4.69, 9.17) is 0 Å². The average Bonchev–Trinajstić information content (AvgIpc) is 2.76. The number of aliphatic hydroxyl groups is 1. The quantitative estimate of drug-likeness (QED) is 0.902. The Bertz CT molecular complexity index is 610. The van der Waals surface area contributed by atoms with Gasteiger partial charge in [-0.3, -0.25) is 4.40 Å². The monoisotopic (exact) mass is 324 g/mol. The van der Waals surface area contributed by atoms with E-state index in [1.165, 1.54) is 0 Å². The highest BCUT2D eigenvalue weighted by molar-refractivity contribution is 9.10. The van der Waals surface area contributed by atoms with Crippen LogP contribution in [0.25, 0.3) is 5.65 Å². The Kier molecular flexibility index (Phi) is 3.11. The summed E-state index contributed by atoms with van der Waals surface area (Å²) in [6.07, 6.45) is 6.13. The van der Waals surface area contributed by atoms with Crippen molar-refractivity contribution >= 4 is 21.6 Å². The first-order valence-corrected chi connectivity index (χ1v) is 7.16. The molecule has 0 saturated heterocycles. The van der Waals surface area contributed by atoms with E-state index in [2.05, 4.69) is 45.1 Å². The first-order chi connectivity index (χ1) is 8.98. The molecule has 2 aromatic rings. The number of hydrogen-bond acceptors (Lipinski definition) is 4. The van der Waals surface area contributed by atoms with Crippen molar-refractivity contribution in [2.45, 2.75) is 39.0 Å². The third-order valence-electron chi connectivity index (χ3n) is 4.19. The Labute approximate surface area is 120 Å². The largest absolute Gasteiger partial charge is 0.392 e. The maximum atomic E-state index is 9.74. The number of imidazole rings is 1. The van der Waals surface area contributed by atoms with Crippen molar-refractivity contribution < 1.29 is 5.11 Å². The Morgan fingerprint density at radius 3 is 2.95 bits per heavy atom. The molecule has 19 heavy (non-hydrogen) atoms. The fourth-order valence-corrected chi connectivity index (χ4v) is 2.83. The molecule has 1 saturated carbocycles. The molecule has 102 valence electrons. The van der Waals surface area contributed by atoms with Crippen molar-refractivity contribution in [3.05, 3.63) is 28.9 Å². The summed E-state index contributed by atoms with van der Waals surface area (Å²) in [6.45, 7) is 4.92. The molecule has 2 unspecified atom stereocenters. The zero-order valence-corrected chi connectivity index (χ0v) is 12.6. The summed E-state index contributed by atoms with van der Waals surface area (Å²) in [4.78, 5) is 8.48. The second kappa shape index (κ2) is 4.54. The van der Waals surface area contributed by atoms with E-state index in [1.807, 2.05) is 16.8 Å². The molecule has 2 heterocycles. The van der Waals surface area contributed by atoms with Crippen LogP contribution >= 0.6 is 15.9 Å². The summed E-state index contributed by atoms with van der Waals surface area (Å²) in [5.74, 6) is 0. The highest BCUT2D eigenvalue weighted by atomic mass is 79.9. The van der Waals surface area contributed by atoms with Crippen LogP contribution in [-0.4, -0.2) is 31.6 Å². The SMILES string of the molecule is CC1(C)C(O)CC1NCc1cnc2cnc(Br)cn12. The molecule has 0 aromatic carbocycles. The smallest absolute Gasteiger partial charge is 0.155 e. The third-order valence-corrected chi connectivity index (χ3v) is 4.60. The molecule has 2 N–H and O–H groups in total. The molecule has 3 rings (SSSR count). The van der Waals surface area contributed by atoms with Gasteiger partial charge in [0.1, 0.15) is 4.60 Å². The number of nitrogens with zero attached hydrogens (tertiary/aromatic N) is 3. The number of hydrogen-bond donors (Lipinski definition) is 2. The van der Waals surface area contributed by atoms with Gasteiger partial charge < -0.3 is 10.4 Å². The van der Waals surface area contributed by atoms with E-state index >= 15 is 0 Å². The lowest BCUT2D eigenvalue weighted by Crippen LogP contribution is -2.59. The van der Waals surface area contributed by atoms with E-state index in [0.717, 1.165) is 28.9 Å². The van der Waals surface area contributed by atoms with Gasteiger partial charge in [0.25, 0.3) is 0 Å². The van der Waals surface area contributed by atoms with Crippen molar-refractivity contribution in [3.63, 3.8) is 0 Å². The summed E-state index contributed by atoms with van der Waals surface area (Å²) in [5.41, 5.74) is 1.88. The van der Waals surface area contributed by atoms with Crippen LogP contribution in [0.1, 0.15) is 26.0 Å². The fourth-order valence-electron chi connectivity index (χ4n) is 2.52. The predicted molar refractivity (Wildman–Crippen MR) is 75.7 cm³/mol. The van der Waals surface area contributed by atoms with Gasteiger partial charge in [-0.2, -0.15) is 0 Å². The summed E-state index contributed by atoms with van der Waals surface area (Å²) < 4.78 is 2.81. The molecule has 0 amide bonds. The highest BCUT2D eigenvalue weighted by Gasteiger charge is 2.46. The van der Waals surface area contributed by atoms with Gasteiger partial charge in [-0.25, -0.2) is 9.97 Å². The van der Waals surface area contributed by atoms with Gasteiger partial charge in [0.05, 0.1) is 24.2 Å². The predicted octanol–water partition coefficient (Wildman–Crippen LogP) is 1.74. The first-order valence-electron chi connectivity index (χ1n) is 6.37. The van der Waals surface area contributed by atoms with Gasteiger partial charge in [-0.1, -0.05) is 13.8 Å². The highest BCUT2D eigenvalue weighted by Crippen LogP contribution is 2.40. The Morgan fingerprint density at radius 2 is 2.26 bits per heavy atom. The van der Waals surface area contributed by atoms with Gasteiger partial charge in [0, 0.05) is 24.2 Å². The Morgan fingerprint density at radius 1 is 1.47 bits per heavy atom. The standard InChI is InChI=1S/C13H17BrN4O/c1-13(2)9(3-10(13)19)15-4-8-5-17-12-6-16-11(14)7-18(8)12/h5-7,9-10,15,19H,3-4H2,1-2H3. The number of aromatic nitrogens is 3. The number of aliphatic hydroxyl groups excluding tert-OH is 1. The van der Waals surface area contributed by atoms with Crippen molar-refractivity contribution in [2.24, 2.45) is 5.41 Å². The molecule has 5 nitrogen and oxygen atoms in total. The molecule has 2 atom stereocenters. The molecule has 0 radical (unpaired) electrons. The molecule has 6 heteroatoms. The summed E-state index contributed by atoms with van der Waals surface area (Å²) in [7, 11) is 0. The normalized spacial score (nSPS) is 25.5. The van der Waals surface area contributed by atoms with Crippen molar-refractivity contribution in [3.8, 4) is 0 Å². The maximum Gasteiger partial charge on any atom is 0.155 e. The van der Waals surface area contributed by atoms with E-state index in [-0.39, 0.29) is 11.5 Å². The zero-order valence-electron chi connectivity index (χ0n) is 11.0. The molecule has 0 spiro atoms.